The van der Waals surface area contributed by atoms with Crippen molar-refractivity contribution in [2.45, 2.75) is 31.4 Å². The van der Waals surface area contributed by atoms with Crippen LogP contribution in [0.4, 0.5) is 0 Å². The molecule has 0 radical (unpaired) electrons. The van der Waals surface area contributed by atoms with E-state index in [4.69, 9.17) is 4.74 Å². The van der Waals surface area contributed by atoms with Crippen molar-refractivity contribution in [3.05, 3.63) is 16.6 Å². The van der Waals surface area contributed by atoms with E-state index in [1.807, 2.05) is 10.3 Å². The van der Waals surface area contributed by atoms with Crippen LogP contribution in [0.3, 0.4) is 0 Å². The minimum absolute atomic E-state index is 0.0470. The SMILES string of the molecule is O=C(CC1CCCN1)N1CCOC(c2nccs2)C1. The van der Waals surface area contributed by atoms with Crippen LogP contribution in [0.2, 0.25) is 0 Å². The van der Waals surface area contributed by atoms with Gasteiger partial charge in [-0.15, -0.1) is 11.3 Å². The van der Waals surface area contributed by atoms with Crippen molar-refractivity contribution in [2.75, 3.05) is 26.2 Å². The maximum absolute atomic E-state index is 12.3. The Labute approximate surface area is 117 Å². The molecule has 3 rings (SSSR count). The minimum Gasteiger partial charge on any atom is -0.367 e. The molecule has 0 spiro atoms. The minimum atomic E-state index is -0.0470. The average molecular weight is 281 g/mol. The van der Waals surface area contributed by atoms with E-state index < -0.39 is 0 Å². The number of aromatic nitrogens is 1. The van der Waals surface area contributed by atoms with Crippen LogP contribution < -0.4 is 5.32 Å². The van der Waals surface area contributed by atoms with E-state index in [1.54, 1.807) is 17.5 Å². The molecule has 104 valence electrons. The van der Waals surface area contributed by atoms with E-state index in [-0.39, 0.29) is 12.0 Å². The zero-order valence-corrected chi connectivity index (χ0v) is 11.7. The van der Waals surface area contributed by atoms with E-state index in [1.165, 1.54) is 6.42 Å². The summed E-state index contributed by atoms with van der Waals surface area (Å²) in [5, 5.41) is 6.29. The Morgan fingerprint density at radius 3 is 3.32 bits per heavy atom. The van der Waals surface area contributed by atoms with Gasteiger partial charge in [0.15, 0.2) is 0 Å². The van der Waals surface area contributed by atoms with Crippen molar-refractivity contribution in [1.29, 1.82) is 0 Å². The molecule has 2 atom stereocenters. The van der Waals surface area contributed by atoms with E-state index in [9.17, 15) is 4.79 Å². The lowest BCUT2D eigenvalue weighted by Crippen LogP contribution is -2.44. The molecule has 1 amide bonds. The Kier molecular flexibility index (Phi) is 4.10. The summed E-state index contributed by atoms with van der Waals surface area (Å²) in [5.41, 5.74) is 0. The second kappa shape index (κ2) is 5.98. The van der Waals surface area contributed by atoms with E-state index in [2.05, 4.69) is 10.3 Å². The number of rotatable bonds is 3. The van der Waals surface area contributed by atoms with Crippen LogP contribution in [-0.4, -0.2) is 48.1 Å². The summed E-state index contributed by atoms with van der Waals surface area (Å²) in [7, 11) is 0. The highest BCUT2D eigenvalue weighted by molar-refractivity contribution is 7.09. The number of nitrogens with zero attached hydrogens (tertiary/aromatic N) is 2. The van der Waals surface area contributed by atoms with Gasteiger partial charge in [-0.05, 0) is 19.4 Å². The van der Waals surface area contributed by atoms with E-state index in [0.29, 0.717) is 32.2 Å². The van der Waals surface area contributed by atoms with Crippen molar-refractivity contribution in [3.8, 4) is 0 Å². The molecular formula is C13H19N3O2S. The number of nitrogens with one attached hydrogen (secondary N) is 1. The third kappa shape index (κ3) is 3.13. The Balaban J connectivity index is 1.56. The standard InChI is InChI=1S/C13H19N3O2S/c17-12(8-10-2-1-3-14-10)16-5-6-18-11(9-16)13-15-4-7-19-13/h4,7,10-11,14H,1-3,5-6,8-9H2. The summed E-state index contributed by atoms with van der Waals surface area (Å²) in [6, 6.07) is 0.369. The van der Waals surface area contributed by atoms with Gasteiger partial charge in [-0.1, -0.05) is 0 Å². The highest BCUT2D eigenvalue weighted by Crippen LogP contribution is 2.24. The van der Waals surface area contributed by atoms with Crippen LogP contribution >= 0.6 is 11.3 Å². The summed E-state index contributed by atoms with van der Waals surface area (Å²) in [6.07, 6.45) is 4.65. The van der Waals surface area contributed by atoms with Crippen molar-refractivity contribution in [1.82, 2.24) is 15.2 Å². The van der Waals surface area contributed by atoms with Gasteiger partial charge >= 0.3 is 0 Å². The van der Waals surface area contributed by atoms with Gasteiger partial charge in [-0.2, -0.15) is 0 Å². The molecule has 0 bridgehead atoms. The fraction of sp³-hybridized carbons (Fsp3) is 0.692. The smallest absolute Gasteiger partial charge is 0.224 e. The molecule has 2 aliphatic rings. The largest absolute Gasteiger partial charge is 0.367 e. The van der Waals surface area contributed by atoms with Crippen LogP contribution in [0.15, 0.2) is 11.6 Å². The molecule has 3 heterocycles. The first kappa shape index (κ1) is 13.0. The first-order chi connectivity index (χ1) is 9.33. The summed E-state index contributed by atoms with van der Waals surface area (Å²) in [6.45, 7) is 2.99. The van der Waals surface area contributed by atoms with Gasteiger partial charge in [0, 0.05) is 30.6 Å². The van der Waals surface area contributed by atoms with Gasteiger partial charge in [0.25, 0.3) is 0 Å². The van der Waals surface area contributed by atoms with Crippen LogP contribution in [-0.2, 0) is 9.53 Å². The maximum Gasteiger partial charge on any atom is 0.224 e. The number of carbonyl (C=O) groups is 1. The lowest BCUT2D eigenvalue weighted by molar-refractivity contribution is -0.139. The second-order valence-corrected chi connectivity index (χ2v) is 5.99. The van der Waals surface area contributed by atoms with Crippen LogP contribution in [0.5, 0.6) is 0 Å². The molecule has 2 saturated heterocycles. The molecule has 2 unspecified atom stereocenters. The molecule has 19 heavy (non-hydrogen) atoms. The molecular weight excluding hydrogens is 262 g/mol. The predicted octanol–water partition coefficient (Wildman–Crippen LogP) is 1.19. The van der Waals surface area contributed by atoms with Gasteiger partial charge in [-0.25, -0.2) is 4.98 Å². The average Bonchev–Trinajstić information content (AvgIpc) is 3.12. The van der Waals surface area contributed by atoms with Crippen molar-refractivity contribution >= 4 is 17.2 Å². The van der Waals surface area contributed by atoms with Crippen LogP contribution in [0, 0.1) is 0 Å². The lowest BCUT2D eigenvalue weighted by Gasteiger charge is -2.32. The highest BCUT2D eigenvalue weighted by Gasteiger charge is 2.28. The zero-order chi connectivity index (χ0) is 13.1. The zero-order valence-electron chi connectivity index (χ0n) is 10.9. The summed E-state index contributed by atoms with van der Waals surface area (Å²) in [5.74, 6) is 0.240. The summed E-state index contributed by atoms with van der Waals surface area (Å²) >= 11 is 1.59. The third-order valence-electron chi connectivity index (χ3n) is 3.73. The number of thiazole rings is 1. The molecule has 0 aliphatic carbocycles. The van der Waals surface area contributed by atoms with Gasteiger partial charge in [0.2, 0.25) is 5.91 Å². The molecule has 1 aromatic heterocycles. The van der Waals surface area contributed by atoms with Gasteiger partial charge in [-0.3, -0.25) is 4.79 Å². The fourth-order valence-electron chi connectivity index (χ4n) is 2.69. The van der Waals surface area contributed by atoms with Crippen molar-refractivity contribution in [2.24, 2.45) is 0 Å². The Morgan fingerprint density at radius 1 is 1.63 bits per heavy atom. The van der Waals surface area contributed by atoms with Gasteiger partial charge in [0.1, 0.15) is 11.1 Å². The molecule has 2 fully saturated rings. The molecule has 6 heteroatoms. The van der Waals surface area contributed by atoms with Crippen LogP contribution in [0.1, 0.15) is 30.4 Å². The Hall–Kier alpha value is -0.980. The third-order valence-corrected chi connectivity index (χ3v) is 4.60. The van der Waals surface area contributed by atoms with E-state index >= 15 is 0 Å². The number of carbonyl (C=O) groups excluding carboxylic acids is 1. The molecule has 0 aromatic carbocycles. The predicted molar refractivity (Wildman–Crippen MR) is 73.0 cm³/mol. The Morgan fingerprint density at radius 2 is 2.58 bits per heavy atom. The maximum atomic E-state index is 12.3. The van der Waals surface area contributed by atoms with Crippen molar-refractivity contribution in [3.63, 3.8) is 0 Å². The first-order valence-electron chi connectivity index (χ1n) is 6.85. The quantitative estimate of drug-likeness (QED) is 0.904. The summed E-state index contributed by atoms with van der Waals surface area (Å²) < 4.78 is 5.71. The highest BCUT2D eigenvalue weighted by atomic mass is 32.1. The van der Waals surface area contributed by atoms with E-state index in [0.717, 1.165) is 18.0 Å². The topological polar surface area (TPSA) is 54.5 Å². The van der Waals surface area contributed by atoms with Crippen molar-refractivity contribution < 1.29 is 9.53 Å². The Bertz CT molecular complexity index is 418. The second-order valence-electron chi connectivity index (χ2n) is 5.07. The summed E-state index contributed by atoms with van der Waals surface area (Å²) in [4.78, 5) is 18.5. The van der Waals surface area contributed by atoms with Gasteiger partial charge in [0.05, 0.1) is 13.2 Å². The van der Waals surface area contributed by atoms with Crippen LogP contribution in [0.25, 0.3) is 0 Å². The molecule has 5 nitrogen and oxygen atoms in total. The molecule has 1 N–H and O–H groups in total. The van der Waals surface area contributed by atoms with Gasteiger partial charge < -0.3 is 15.0 Å². The molecule has 1 aromatic rings. The number of ether oxygens (including phenoxy) is 1. The lowest BCUT2D eigenvalue weighted by atomic mass is 10.1. The number of amides is 1. The number of morpholine rings is 1. The number of hydrogen-bond donors (Lipinski definition) is 1. The fourth-order valence-corrected chi connectivity index (χ4v) is 3.37. The number of hydrogen-bond acceptors (Lipinski definition) is 5. The normalized spacial score (nSPS) is 27.7. The molecule has 2 aliphatic heterocycles. The molecule has 0 saturated carbocycles. The monoisotopic (exact) mass is 281 g/mol. The first-order valence-corrected chi connectivity index (χ1v) is 7.73.